The van der Waals surface area contributed by atoms with Crippen LogP contribution in [0.5, 0.6) is 0 Å². The number of aromatic nitrogens is 6. The molecule has 0 aliphatic rings. The summed E-state index contributed by atoms with van der Waals surface area (Å²) < 4.78 is 4.66. The van der Waals surface area contributed by atoms with Gasteiger partial charge < -0.3 is 4.57 Å². The summed E-state index contributed by atoms with van der Waals surface area (Å²) in [5.74, 6) is 1.73. The van der Waals surface area contributed by atoms with Gasteiger partial charge in [-0.25, -0.2) is 9.97 Å². The van der Waals surface area contributed by atoms with Crippen molar-refractivity contribution in [1.82, 2.24) is 29.1 Å². The van der Waals surface area contributed by atoms with E-state index in [1.807, 2.05) is 36.4 Å². The van der Waals surface area contributed by atoms with Gasteiger partial charge in [-0.2, -0.15) is 9.97 Å². The predicted octanol–water partition coefficient (Wildman–Crippen LogP) is 13.8. The zero-order valence-corrected chi connectivity index (χ0v) is 33.5. The van der Waals surface area contributed by atoms with Crippen LogP contribution in [-0.2, 0) is 0 Å². The molecule has 0 aliphatic heterocycles. The number of fused-ring (bicyclic) bond motifs is 7. The molecule has 0 saturated carbocycles. The monoisotopic (exact) mass is 792 g/mol. The van der Waals surface area contributed by atoms with Crippen molar-refractivity contribution in [2.45, 2.75) is 0 Å². The van der Waals surface area contributed by atoms with Crippen LogP contribution in [0.4, 0.5) is 0 Å². The van der Waals surface area contributed by atoms with Gasteiger partial charge in [-0.3, -0.25) is 4.57 Å². The summed E-state index contributed by atoms with van der Waals surface area (Å²) in [6, 6.07) is 76.2. The van der Waals surface area contributed by atoms with E-state index in [1.165, 1.54) is 10.9 Å². The molecule has 12 rings (SSSR count). The molecule has 62 heavy (non-hydrogen) atoms. The molecule has 0 atom stereocenters. The van der Waals surface area contributed by atoms with Crippen LogP contribution in [0.3, 0.4) is 0 Å². The van der Waals surface area contributed by atoms with Crippen LogP contribution in [0.25, 0.3) is 112 Å². The van der Waals surface area contributed by atoms with E-state index in [0.717, 1.165) is 83.1 Å². The van der Waals surface area contributed by atoms with Crippen molar-refractivity contribution in [2.75, 3.05) is 0 Å². The maximum absolute atomic E-state index is 5.36. The fraction of sp³-hybridized carbons (Fsp3) is 0. The lowest BCUT2D eigenvalue weighted by Gasteiger charge is -2.14. The van der Waals surface area contributed by atoms with Gasteiger partial charge in [0.2, 0.25) is 5.95 Å². The van der Waals surface area contributed by atoms with Crippen LogP contribution in [0, 0.1) is 0 Å². The van der Waals surface area contributed by atoms with Gasteiger partial charge in [-0.05, 0) is 47.5 Å². The highest BCUT2D eigenvalue weighted by Gasteiger charge is 2.23. The van der Waals surface area contributed by atoms with Crippen LogP contribution in [0.15, 0.2) is 218 Å². The van der Waals surface area contributed by atoms with Crippen LogP contribution in [-0.4, -0.2) is 29.1 Å². The van der Waals surface area contributed by atoms with Crippen LogP contribution in [0.1, 0.15) is 0 Å². The fourth-order valence-corrected chi connectivity index (χ4v) is 8.90. The van der Waals surface area contributed by atoms with Crippen LogP contribution in [0.2, 0.25) is 0 Å². The number of nitrogens with zero attached hydrogens (tertiary/aromatic N) is 6. The van der Waals surface area contributed by atoms with Gasteiger partial charge in [-0.1, -0.05) is 182 Å². The Kier molecular flexibility index (Phi) is 8.38. The van der Waals surface area contributed by atoms with Crippen molar-refractivity contribution < 1.29 is 0 Å². The van der Waals surface area contributed by atoms with Gasteiger partial charge in [0.15, 0.2) is 11.6 Å². The first kappa shape index (κ1) is 35.5. The summed E-state index contributed by atoms with van der Waals surface area (Å²) in [5, 5.41) is 4.57. The average Bonchev–Trinajstić information content (AvgIpc) is 3.88. The molecular weight excluding hydrogens is 757 g/mol. The lowest BCUT2D eigenvalue weighted by molar-refractivity contribution is 0.953. The largest absolute Gasteiger partial charge is 0.307 e. The molecule has 6 nitrogen and oxygen atoms in total. The molecule has 290 valence electrons. The molecule has 6 heteroatoms. The van der Waals surface area contributed by atoms with E-state index in [1.54, 1.807) is 0 Å². The second kappa shape index (κ2) is 14.7. The van der Waals surface area contributed by atoms with E-state index in [-0.39, 0.29) is 0 Å². The van der Waals surface area contributed by atoms with Crippen LogP contribution >= 0.6 is 0 Å². The molecule has 0 N–H and O–H groups in total. The molecule has 12 aromatic rings. The van der Waals surface area contributed by atoms with E-state index >= 15 is 0 Å². The first-order valence-corrected chi connectivity index (χ1v) is 20.8. The summed E-state index contributed by atoms with van der Waals surface area (Å²) in [7, 11) is 0. The van der Waals surface area contributed by atoms with Crippen molar-refractivity contribution in [3.63, 3.8) is 0 Å². The Hall–Kier alpha value is -8.48. The molecular formula is C56H36N6. The Bertz CT molecular complexity index is 3610. The summed E-state index contributed by atoms with van der Waals surface area (Å²) >= 11 is 0. The molecule has 0 spiro atoms. The molecule has 0 bridgehead atoms. The summed E-state index contributed by atoms with van der Waals surface area (Å²) in [6.07, 6.45) is 0. The smallest absolute Gasteiger partial charge is 0.238 e. The Labute approximate surface area is 357 Å². The highest BCUT2D eigenvalue weighted by Crippen LogP contribution is 2.42. The number of hydrogen-bond donors (Lipinski definition) is 0. The molecule has 4 aromatic heterocycles. The third-order valence-electron chi connectivity index (χ3n) is 11.8. The van der Waals surface area contributed by atoms with E-state index < -0.39 is 0 Å². The zero-order chi connectivity index (χ0) is 41.0. The zero-order valence-electron chi connectivity index (χ0n) is 33.5. The number of benzene rings is 8. The highest BCUT2D eigenvalue weighted by atomic mass is 15.2. The Balaban J connectivity index is 1.10. The molecule has 4 heterocycles. The number of hydrogen-bond acceptors (Lipinski definition) is 4. The maximum atomic E-state index is 5.36. The summed E-state index contributed by atoms with van der Waals surface area (Å²) in [5.41, 5.74) is 13.4. The van der Waals surface area contributed by atoms with Crippen molar-refractivity contribution >= 4 is 43.6 Å². The molecule has 0 aliphatic carbocycles. The molecule has 8 aromatic carbocycles. The maximum Gasteiger partial charge on any atom is 0.238 e. The normalized spacial score (nSPS) is 11.5. The number of pyridine rings is 1. The second-order valence-corrected chi connectivity index (χ2v) is 15.5. The summed E-state index contributed by atoms with van der Waals surface area (Å²) in [6.45, 7) is 0. The average molecular weight is 793 g/mol. The quantitative estimate of drug-likeness (QED) is 0.161. The minimum absolute atomic E-state index is 0.545. The van der Waals surface area contributed by atoms with Crippen molar-refractivity contribution in [1.29, 1.82) is 0 Å². The molecule has 0 saturated heterocycles. The van der Waals surface area contributed by atoms with E-state index in [9.17, 15) is 0 Å². The first-order valence-electron chi connectivity index (χ1n) is 20.8. The first-order chi connectivity index (χ1) is 30.7. The van der Waals surface area contributed by atoms with E-state index in [0.29, 0.717) is 17.6 Å². The van der Waals surface area contributed by atoms with Gasteiger partial charge >= 0.3 is 0 Å². The lowest BCUT2D eigenvalue weighted by atomic mass is 10.1. The topological polar surface area (TPSA) is 61.4 Å². The van der Waals surface area contributed by atoms with Gasteiger partial charge in [0.05, 0.1) is 33.5 Å². The van der Waals surface area contributed by atoms with E-state index in [2.05, 4.69) is 191 Å². The Morgan fingerprint density at radius 3 is 1.35 bits per heavy atom. The van der Waals surface area contributed by atoms with Gasteiger partial charge in [-0.15, -0.1) is 0 Å². The van der Waals surface area contributed by atoms with Crippen LogP contribution < -0.4 is 0 Å². The Morgan fingerprint density at radius 2 is 0.726 bits per heavy atom. The van der Waals surface area contributed by atoms with Gasteiger partial charge in [0.25, 0.3) is 0 Å². The standard InChI is InChI=1S/C56H36N6/c1-4-16-37(17-5-1)42-22-14-23-43(36-42)61-50-28-12-10-24-44(50)46-34-35-47-45-25-11-13-29-51(45)62(53(47)52(46)61)56-59-54(40-20-8-3-9-21-40)58-55(60-56)41-32-30-39(31-33-41)49-27-15-26-48(57-49)38-18-6-2-7-19-38/h1-36H. The molecule has 0 amide bonds. The molecule has 0 radical (unpaired) electrons. The number of para-hydroxylation sites is 2. The minimum atomic E-state index is 0.545. The molecule has 0 fully saturated rings. The van der Waals surface area contributed by atoms with Gasteiger partial charge in [0.1, 0.15) is 0 Å². The minimum Gasteiger partial charge on any atom is -0.307 e. The third kappa shape index (κ3) is 5.96. The second-order valence-electron chi connectivity index (χ2n) is 15.5. The fourth-order valence-electron chi connectivity index (χ4n) is 8.90. The Morgan fingerprint density at radius 1 is 0.274 bits per heavy atom. The van der Waals surface area contributed by atoms with Crippen molar-refractivity contribution in [3.05, 3.63) is 218 Å². The summed E-state index contributed by atoms with van der Waals surface area (Å²) in [4.78, 5) is 20.8. The van der Waals surface area contributed by atoms with Gasteiger partial charge in [0, 0.05) is 49.5 Å². The lowest BCUT2D eigenvalue weighted by Crippen LogP contribution is -2.07. The highest BCUT2D eigenvalue weighted by molar-refractivity contribution is 6.23. The SMILES string of the molecule is c1ccc(-c2cccc(-n3c4ccccc4c4ccc5c6ccccc6n(-c6nc(-c7ccccc7)nc(-c7ccc(-c8cccc(-c9ccccc9)n8)cc7)n6)c5c43)c2)cc1. The van der Waals surface area contributed by atoms with Crippen molar-refractivity contribution in [2.24, 2.45) is 0 Å². The third-order valence-corrected chi connectivity index (χ3v) is 11.8. The van der Waals surface area contributed by atoms with Crippen molar-refractivity contribution in [3.8, 4) is 68.1 Å². The number of rotatable bonds is 7. The van der Waals surface area contributed by atoms with E-state index in [4.69, 9.17) is 19.9 Å². The molecule has 0 unspecified atom stereocenters. The predicted molar refractivity (Wildman–Crippen MR) is 253 cm³/mol.